The summed E-state index contributed by atoms with van der Waals surface area (Å²) in [7, 11) is 1.67. The molecule has 0 aliphatic heterocycles. The predicted molar refractivity (Wildman–Crippen MR) is 114 cm³/mol. The van der Waals surface area contributed by atoms with E-state index in [9.17, 15) is 10.1 Å². The van der Waals surface area contributed by atoms with E-state index >= 15 is 0 Å². The number of carbonyl (C=O) groups is 1. The molecule has 1 aromatic heterocycles. The largest absolute Gasteiger partial charge is 0.494 e. The van der Waals surface area contributed by atoms with Gasteiger partial charge < -0.3 is 19.4 Å². The van der Waals surface area contributed by atoms with Crippen molar-refractivity contribution in [3.8, 4) is 11.8 Å². The first-order valence-electron chi connectivity index (χ1n) is 9.70. The van der Waals surface area contributed by atoms with Crippen LogP contribution in [0.25, 0.3) is 6.08 Å². The zero-order chi connectivity index (χ0) is 21.4. The number of benzene rings is 1. The second-order valence-corrected chi connectivity index (χ2v) is 6.89. The van der Waals surface area contributed by atoms with Crippen LogP contribution in [-0.4, -0.2) is 30.8 Å². The summed E-state index contributed by atoms with van der Waals surface area (Å²) in [5.41, 5.74) is 3.84. The zero-order valence-electron chi connectivity index (χ0n) is 17.8. The van der Waals surface area contributed by atoms with Gasteiger partial charge in [-0.25, -0.2) is 0 Å². The average molecular weight is 396 g/mol. The molecule has 2 rings (SSSR count). The molecule has 2 aromatic rings. The highest BCUT2D eigenvalue weighted by Gasteiger charge is 2.16. The molecule has 1 N–H and O–H groups in total. The first-order valence-corrected chi connectivity index (χ1v) is 9.70. The Balaban J connectivity index is 2.19. The Morgan fingerprint density at radius 2 is 2.07 bits per heavy atom. The summed E-state index contributed by atoms with van der Waals surface area (Å²) in [6.45, 7) is 9.40. The van der Waals surface area contributed by atoms with Gasteiger partial charge in [-0.05, 0) is 51.5 Å². The van der Waals surface area contributed by atoms with Crippen molar-refractivity contribution < 1.29 is 14.3 Å². The van der Waals surface area contributed by atoms with Gasteiger partial charge in [0.05, 0.1) is 19.3 Å². The van der Waals surface area contributed by atoms with Gasteiger partial charge in [-0.1, -0.05) is 18.2 Å². The molecule has 1 heterocycles. The summed E-state index contributed by atoms with van der Waals surface area (Å²) in [6, 6.07) is 11.7. The van der Waals surface area contributed by atoms with Gasteiger partial charge in [0.2, 0.25) is 0 Å². The summed E-state index contributed by atoms with van der Waals surface area (Å²) < 4.78 is 13.0. The lowest BCUT2D eigenvalue weighted by molar-refractivity contribution is -0.117. The fourth-order valence-electron chi connectivity index (χ4n) is 3.46. The molecular weight excluding hydrogens is 366 g/mol. The number of rotatable bonds is 9. The molecule has 1 amide bonds. The van der Waals surface area contributed by atoms with Crippen molar-refractivity contribution in [1.29, 1.82) is 5.26 Å². The number of hydrogen-bond donors (Lipinski definition) is 1. The molecule has 29 heavy (non-hydrogen) atoms. The molecular formula is C23H29N3O3. The number of aromatic nitrogens is 1. The molecule has 0 saturated heterocycles. The van der Waals surface area contributed by atoms with Crippen molar-refractivity contribution in [1.82, 2.24) is 9.88 Å². The SMILES string of the molecule is CCOc1ccccc1CNC(=O)C(C#N)=Cc1cc(C)n(C(C)COC)c1C. The lowest BCUT2D eigenvalue weighted by Crippen LogP contribution is -2.24. The quantitative estimate of drug-likeness (QED) is 0.515. The first kappa shape index (κ1) is 22.3. The van der Waals surface area contributed by atoms with Crippen LogP contribution in [0.2, 0.25) is 0 Å². The molecule has 6 heteroatoms. The minimum Gasteiger partial charge on any atom is -0.494 e. The topological polar surface area (TPSA) is 76.3 Å². The van der Waals surface area contributed by atoms with Crippen molar-refractivity contribution in [2.45, 2.75) is 40.3 Å². The number of ether oxygens (including phenoxy) is 2. The molecule has 0 fully saturated rings. The van der Waals surface area contributed by atoms with Crippen molar-refractivity contribution in [3.63, 3.8) is 0 Å². The van der Waals surface area contributed by atoms with Gasteiger partial charge in [-0.3, -0.25) is 4.79 Å². The number of nitrogens with one attached hydrogen (secondary N) is 1. The summed E-state index contributed by atoms with van der Waals surface area (Å²) in [4.78, 5) is 12.6. The van der Waals surface area contributed by atoms with E-state index in [1.54, 1.807) is 13.2 Å². The number of nitrogens with zero attached hydrogens (tertiary/aromatic N) is 2. The molecule has 1 aromatic carbocycles. The number of amides is 1. The Morgan fingerprint density at radius 3 is 2.72 bits per heavy atom. The van der Waals surface area contributed by atoms with Crippen LogP contribution in [0.3, 0.4) is 0 Å². The third-order valence-electron chi connectivity index (χ3n) is 4.75. The van der Waals surface area contributed by atoms with E-state index in [1.807, 2.05) is 57.2 Å². The minimum atomic E-state index is -0.409. The number of hydrogen-bond acceptors (Lipinski definition) is 4. The summed E-state index contributed by atoms with van der Waals surface area (Å²) in [5, 5.41) is 12.3. The third kappa shape index (κ3) is 5.49. The van der Waals surface area contributed by atoms with Crippen LogP contribution < -0.4 is 10.1 Å². The van der Waals surface area contributed by atoms with E-state index in [0.29, 0.717) is 13.2 Å². The van der Waals surface area contributed by atoms with Gasteiger partial charge in [-0.15, -0.1) is 0 Å². The Bertz CT molecular complexity index is 922. The molecule has 1 atom stereocenters. The zero-order valence-corrected chi connectivity index (χ0v) is 17.8. The monoisotopic (exact) mass is 395 g/mol. The molecule has 0 saturated carbocycles. The van der Waals surface area contributed by atoms with Crippen molar-refractivity contribution in [2.24, 2.45) is 0 Å². The molecule has 0 radical (unpaired) electrons. The van der Waals surface area contributed by atoms with Gasteiger partial charge >= 0.3 is 0 Å². The molecule has 154 valence electrons. The van der Waals surface area contributed by atoms with Crippen LogP contribution in [0.1, 0.15) is 42.4 Å². The second kappa shape index (κ2) is 10.5. The second-order valence-electron chi connectivity index (χ2n) is 6.89. The van der Waals surface area contributed by atoms with Gasteiger partial charge in [0.15, 0.2) is 0 Å². The van der Waals surface area contributed by atoms with Crippen LogP contribution in [0.15, 0.2) is 35.9 Å². The summed E-state index contributed by atoms with van der Waals surface area (Å²) in [5.74, 6) is 0.321. The maximum atomic E-state index is 12.6. The molecule has 0 spiro atoms. The summed E-state index contributed by atoms with van der Waals surface area (Å²) >= 11 is 0. The summed E-state index contributed by atoms with van der Waals surface area (Å²) in [6.07, 6.45) is 1.64. The molecule has 0 aliphatic rings. The lowest BCUT2D eigenvalue weighted by Gasteiger charge is -2.17. The maximum absolute atomic E-state index is 12.6. The first-order chi connectivity index (χ1) is 13.9. The fourth-order valence-corrected chi connectivity index (χ4v) is 3.46. The third-order valence-corrected chi connectivity index (χ3v) is 4.75. The van der Waals surface area contributed by atoms with Crippen molar-refractivity contribution >= 4 is 12.0 Å². The number of methoxy groups -OCH3 is 1. The van der Waals surface area contributed by atoms with Crippen LogP contribution in [0.5, 0.6) is 5.75 Å². The van der Waals surface area contributed by atoms with Crippen molar-refractivity contribution in [2.75, 3.05) is 20.3 Å². The number of nitriles is 1. The fraction of sp³-hybridized carbons (Fsp3) is 0.391. The van der Waals surface area contributed by atoms with Crippen LogP contribution in [0.4, 0.5) is 0 Å². The highest BCUT2D eigenvalue weighted by molar-refractivity contribution is 6.01. The molecule has 6 nitrogen and oxygen atoms in total. The smallest absolute Gasteiger partial charge is 0.262 e. The van der Waals surface area contributed by atoms with E-state index in [1.165, 1.54) is 0 Å². The Labute approximate surface area is 172 Å². The molecule has 1 unspecified atom stereocenters. The van der Waals surface area contributed by atoms with E-state index in [0.717, 1.165) is 28.3 Å². The molecule has 0 bridgehead atoms. The highest BCUT2D eigenvalue weighted by Crippen LogP contribution is 2.23. The van der Waals surface area contributed by atoms with Gasteiger partial charge in [0.25, 0.3) is 5.91 Å². The van der Waals surface area contributed by atoms with E-state index in [-0.39, 0.29) is 18.2 Å². The number of carbonyl (C=O) groups excluding carboxylic acids is 1. The average Bonchev–Trinajstić information content (AvgIpc) is 2.98. The number of aryl methyl sites for hydroxylation is 1. The lowest BCUT2D eigenvalue weighted by atomic mass is 10.1. The van der Waals surface area contributed by atoms with Crippen molar-refractivity contribution in [3.05, 3.63) is 58.4 Å². The Kier molecular flexibility index (Phi) is 8.05. The standard InChI is InChI=1S/C23H29N3O3/c1-6-29-22-10-8-7-9-19(22)14-25-23(27)21(13-24)12-20-11-16(2)26(18(20)4)17(3)15-28-5/h7-12,17H,6,14-15H2,1-5H3,(H,25,27). The van der Waals surface area contributed by atoms with Gasteiger partial charge in [0, 0.05) is 30.6 Å². The normalized spacial score (nSPS) is 12.3. The van der Waals surface area contributed by atoms with Crippen LogP contribution in [-0.2, 0) is 16.1 Å². The van der Waals surface area contributed by atoms with E-state index in [2.05, 4.69) is 16.8 Å². The van der Waals surface area contributed by atoms with E-state index in [4.69, 9.17) is 9.47 Å². The minimum absolute atomic E-state index is 0.0681. The number of para-hydroxylation sites is 1. The highest BCUT2D eigenvalue weighted by atomic mass is 16.5. The maximum Gasteiger partial charge on any atom is 0.262 e. The van der Waals surface area contributed by atoms with Gasteiger partial charge in [0.1, 0.15) is 17.4 Å². The Morgan fingerprint density at radius 1 is 1.34 bits per heavy atom. The van der Waals surface area contributed by atoms with Gasteiger partial charge in [-0.2, -0.15) is 5.26 Å². The predicted octanol–water partition coefficient (Wildman–Crippen LogP) is 3.93. The van der Waals surface area contributed by atoms with Crippen LogP contribution >= 0.6 is 0 Å². The van der Waals surface area contributed by atoms with E-state index < -0.39 is 5.91 Å². The Hall–Kier alpha value is -3.04. The van der Waals surface area contributed by atoms with Crippen LogP contribution in [0, 0.1) is 25.2 Å². The molecule has 0 aliphatic carbocycles.